The van der Waals surface area contributed by atoms with Gasteiger partial charge in [0.2, 0.25) is 11.7 Å². The number of aromatic nitrogens is 1. The first-order valence-electron chi connectivity index (χ1n) is 14.7. The summed E-state index contributed by atoms with van der Waals surface area (Å²) in [5, 5.41) is 4.24. The molecule has 0 aliphatic carbocycles. The second-order valence-corrected chi connectivity index (χ2v) is 12.1. The molecule has 242 valence electrons. The molecule has 3 N–H and O–H groups in total. The lowest BCUT2D eigenvalue weighted by Gasteiger charge is -2.61. The van der Waals surface area contributed by atoms with Crippen LogP contribution in [0.5, 0.6) is 17.2 Å². The number of nitrogens with zero attached hydrogens (tertiary/aromatic N) is 2. The third-order valence-corrected chi connectivity index (χ3v) is 10.3. The van der Waals surface area contributed by atoms with Gasteiger partial charge in [0.1, 0.15) is 5.41 Å². The number of carbonyl (C=O) groups is 2. The molecule has 2 aromatic carbocycles. The SMILES string of the molecule is CCC1(C2CCNC2)C(c2ccc(Cl)c(Cl)c2)C(C(N)=O)(c2ccccn2)CCN1C(=O)c1cc(OC)c(OC)c(OC)c1.Cl. The molecule has 4 atom stereocenters. The van der Waals surface area contributed by atoms with Crippen LogP contribution in [0.15, 0.2) is 54.7 Å². The molecule has 2 fully saturated rings. The maximum atomic E-state index is 14.9. The first kappa shape index (κ1) is 34.6. The summed E-state index contributed by atoms with van der Waals surface area (Å²) in [7, 11) is 4.55. The van der Waals surface area contributed by atoms with Crippen molar-refractivity contribution in [3.05, 3.63) is 81.6 Å². The van der Waals surface area contributed by atoms with E-state index in [-0.39, 0.29) is 37.2 Å². The topological polar surface area (TPSA) is 116 Å². The minimum atomic E-state index is -1.25. The molecule has 0 saturated carbocycles. The van der Waals surface area contributed by atoms with Gasteiger partial charge in [0.25, 0.3) is 5.91 Å². The Balaban J connectivity index is 0.00000461. The molecule has 1 aromatic heterocycles. The zero-order chi connectivity index (χ0) is 31.6. The number of benzene rings is 2. The molecular weight excluding hydrogens is 639 g/mol. The Morgan fingerprint density at radius 2 is 1.76 bits per heavy atom. The highest BCUT2D eigenvalue weighted by molar-refractivity contribution is 6.42. The number of nitrogens with one attached hydrogen (secondary N) is 1. The maximum absolute atomic E-state index is 14.9. The fourth-order valence-corrected chi connectivity index (χ4v) is 7.96. The molecule has 45 heavy (non-hydrogen) atoms. The van der Waals surface area contributed by atoms with Gasteiger partial charge in [-0.3, -0.25) is 14.6 Å². The van der Waals surface area contributed by atoms with Crippen molar-refractivity contribution >= 4 is 47.4 Å². The lowest BCUT2D eigenvalue weighted by Crippen LogP contribution is -2.70. The number of hydrogen-bond donors (Lipinski definition) is 2. The number of hydrogen-bond acceptors (Lipinski definition) is 7. The van der Waals surface area contributed by atoms with Crippen LogP contribution in [0.3, 0.4) is 0 Å². The number of ether oxygens (including phenoxy) is 3. The van der Waals surface area contributed by atoms with Gasteiger partial charge in [-0.25, -0.2) is 0 Å². The molecule has 3 aromatic rings. The quantitative estimate of drug-likeness (QED) is 0.301. The van der Waals surface area contributed by atoms with Crippen molar-refractivity contribution in [2.45, 2.75) is 43.1 Å². The van der Waals surface area contributed by atoms with Gasteiger partial charge in [-0.1, -0.05) is 42.3 Å². The fraction of sp³-hybridized carbons (Fsp3) is 0.424. The van der Waals surface area contributed by atoms with Crippen molar-refractivity contribution in [3.8, 4) is 17.2 Å². The van der Waals surface area contributed by atoms with Crippen molar-refractivity contribution < 1.29 is 23.8 Å². The van der Waals surface area contributed by atoms with Crippen LogP contribution in [-0.4, -0.2) is 68.2 Å². The molecule has 0 bridgehead atoms. The second kappa shape index (κ2) is 14.0. The molecule has 0 spiro atoms. The number of rotatable bonds is 9. The molecular formula is C33H39Cl3N4O5. The monoisotopic (exact) mass is 676 g/mol. The van der Waals surface area contributed by atoms with Crippen molar-refractivity contribution in [1.29, 1.82) is 0 Å². The van der Waals surface area contributed by atoms with Crippen LogP contribution in [0.2, 0.25) is 10.0 Å². The number of amides is 2. The van der Waals surface area contributed by atoms with Gasteiger partial charge in [-0.05, 0) is 73.7 Å². The highest BCUT2D eigenvalue weighted by Crippen LogP contribution is 2.58. The third-order valence-electron chi connectivity index (χ3n) is 9.55. The lowest BCUT2D eigenvalue weighted by atomic mass is 9.52. The van der Waals surface area contributed by atoms with Crippen molar-refractivity contribution in [1.82, 2.24) is 15.2 Å². The van der Waals surface area contributed by atoms with E-state index in [1.807, 2.05) is 29.2 Å². The average Bonchev–Trinajstić information content (AvgIpc) is 3.60. The second-order valence-electron chi connectivity index (χ2n) is 11.3. The van der Waals surface area contributed by atoms with Gasteiger partial charge in [-0.2, -0.15) is 0 Å². The van der Waals surface area contributed by atoms with Gasteiger partial charge in [-0.15, -0.1) is 12.4 Å². The van der Waals surface area contributed by atoms with Crippen LogP contribution < -0.4 is 25.3 Å². The van der Waals surface area contributed by atoms with Gasteiger partial charge in [0.05, 0.1) is 42.6 Å². The van der Waals surface area contributed by atoms with Crippen LogP contribution >= 0.6 is 35.6 Å². The summed E-state index contributed by atoms with van der Waals surface area (Å²) in [4.78, 5) is 35.5. The number of methoxy groups -OCH3 is 3. The van der Waals surface area contributed by atoms with Crippen molar-refractivity contribution in [3.63, 3.8) is 0 Å². The normalized spacial score (nSPS) is 24.4. The largest absolute Gasteiger partial charge is 0.493 e. The predicted octanol–water partition coefficient (Wildman–Crippen LogP) is 5.65. The summed E-state index contributed by atoms with van der Waals surface area (Å²) in [5.74, 6) is -0.218. The first-order valence-corrected chi connectivity index (χ1v) is 15.4. The summed E-state index contributed by atoms with van der Waals surface area (Å²) in [6, 6.07) is 14.3. The van der Waals surface area contributed by atoms with E-state index in [0.717, 1.165) is 18.5 Å². The fourth-order valence-electron chi connectivity index (χ4n) is 7.65. The summed E-state index contributed by atoms with van der Waals surface area (Å²) in [5.41, 5.74) is 6.01. The molecule has 9 nitrogen and oxygen atoms in total. The molecule has 4 unspecified atom stereocenters. The van der Waals surface area contributed by atoms with Crippen LogP contribution in [0.4, 0.5) is 0 Å². The molecule has 2 saturated heterocycles. The lowest BCUT2D eigenvalue weighted by molar-refractivity contribution is -0.132. The van der Waals surface area contributed by atoms with Crippen LogP contribution in [0, 0.1) is 5.92 Å². The summed E-state index contributed by atoms with van der Waals surface area (Å²) >= 11 is 13.0. The van der Waals surface area contributed by atoms with Gasteiger partial charge >= 0.3 is 0 Å². The van der Waals surface area contributed by atoms with E-state index in [2.05, 4.69) is 12.2 Å². The number of carbonyl (C=O) groups excluding carboxylic acids is 2. The third kappa shape index (κ3) is 5.69. The standard InChI is InChI=1S/C33H38Cl2N4O5.ClH/c1-5-33(22-11-14-37-19-22)29(20-9-10-23(34)24(35)16-20)32(31(36)41,27-8-6-7-13-38-27)12-15-39(33)30(40)21-17-25(42-2)28(44-4)26(18-21)43-3;/h6-10,13,16-18,22,29,37H,5,11-12,14-15,19H2,1-4H3,(H2,36,41);1H. The van der Waals surface area contributed by atoms with E-state index in [0.29, 0.717) is 51.5 Å². The zero-order valence-electron chi connectivity index (χ0n) is 25.8. The van der Waals surface area contributed by atoms with E-state index in [9.17, 15) is 9.59 Å². The van der Waals surface area contributed by atoms with Gasteiger partial charge in [0, 0.05) is 30.8 Å². The molecule has 2 aliphatic rings. The Morgan fingerprint density at radius 1 is 1.04 bits per heavy atom. The molecule has 2 aliphatic heterocycles. The van der Waals surface area contributed by atoms with Crippen LogP contribution in [0.25, 0.3) is 0 Å². The number of piperidine rings is 1. The molecule has 2 amide bonds. The number of pyridine rings is 1. The maximum Gasteiger partial charge on any atom is 0.254 e. The van der Waals surface area contributed by atoms with E-state index in [4.69, 9.17) is 48.1 Å². The van der Waals surface area contributed by atoms with Gasteiger partial charge in [0.15, 0.2) is 11.5 Å². The molecule has 5 rings (SSSR count). The highest BCUT2D eigenvalue weighted by atomic mass is 35.5. The van der Waals surface area contributed by atoms with Crippen molar-refractivity contribution in [2.24, 2.45) is 11.7 Å². The Hall–Kier alpha value is -3.24. The Labute approximate surface area is 280 Å². The Morgan fingerprint density at radius 3 is 2.27 bits per heavy atom. The number of primary amides is 1. The number of likely N-dealkylation sites (tertiary alicyclic amines) is 1. The highest BCUT2D eigenvalue weighted by Gasteiger charge is 2.64. The van der Waals surface area contributed by atoms with Crippen molar-refractivity contribution in [2.75, 3.05) is 41.0 Å². The van der Waals surface area contributed by atoms with Crippen LogP contribution in [-0.2, 0) is 10.2 Å². The predicted molar refractivity (Wildman–Crippen MR) is 177 cm³/mol. The van der Waals surface area contributed by atoms with E-state index < -0.39 is 22.8 Å². The summed E-state index contributed by atoms with van der Waals surface area (Å²) in [6.07, 6.45) is 3.25. The van der Waals surface area contributed by atoms with E-state index in [1.165, 1.54) is 21.3 Å². The smallest absolute Gasteiger partial charge is 0.254 e. The summed E-state index contributed by atoms with van der Waals surface area (Å²) in [6.45, 7) is 3.76. The molecule has 3 heterocycles. The Kier molecular flexibility index (Phi) is 10.8. The number of nitrogens with two attached hydrogens (primary N) is 1. The van der Waals surface area contributed by atoms with E-state index in [1.54, 1.807) is 30.5 Å². The minimum absolute atomic E-state index is 0. The van der Waals surface area contributed by atoms with E-state index >= 15 is 0 Å². The zero-order valence-corrected chi connectivity index (χ0v) is 28.1. The van der Waals surface area contributed by atoms with Gasteiger partial charge < -0.3 is 30.2 Å². The molecule has 12 heteroatoms. The first-order chi connectivity index (χ1) is 21.2. The average molecular weight is 678 g/mol. The van der Waals surface area contributed by atoms with Crippen LogP contribution in [0.1, 0.15) is 53.7 Å². The minimum Gasteiger partial charge on any atom is -0.493 e. The summed E-state index contributed by atoms with van der Waals surface area (Å²) < 4.78 is 16.7. The Bertz CT molecular complexity index is 1510. The number of halogens is 3. The molecule has 0 radical (unpaired) electrons.